The highest BCUT2D eigenvalue weighted by Crippen LogP contribution is 2.26. The number of carbonyl (C=O) groups excluding carboxylic acids is 2. The molecule has 0 aliphatic heterocycles. The minimum atomic E-state index is -0.623. The summed E-state index contributed by atoms with van der Waals surface area (Å²) in [7, 11) is 2.80. The predicted molar refractivity (Wildman–Crippen MR) is 148 cm³/mol. The molecule has 0 aliphatic carbocycles. The van der Waals surface area contributed by atoms with Crippen LogP contribution in [0.3, 0.4) is 0 Å². The highest BCUT2D eigenvalue weighted by molar-refractivity contribution is 7.07. The Labute approximate surface area is 227 Å². The number of nitrogens with one attached hydrogen (secondary N) is 1. The van der Waals surface area contributed by atoms with E-state index in [0.29, 0.717) is 28.3 Å². The van der Waals surface area contributed by atoms with Gasteiger partial charge in [-0.2, -0.15) is 5.26 Å². The van der Waals surface area contributed by atoms with Gasteiger partial charge in [0.2, 0.25) is 0 Å². The second-order valence-corrected chi connectivity index (χ2v) is 9.45. The van der Waals surface area contributed by atoms with Crippen LogP contribution in [0.2, 0.25) is 0 Å². The van der Waals surface area contributed by atoms with Crippen LogP contribution in [-0.4, -0.2) is 37.3 Å². The van der Waals surface area contributed by atoms with Gasteiger partial charge in [0, 0.05) is 24.4 Å². The van der Waals surface area contributed by atoms with Crippen LogP contribution in [-0.2, 0) is 20.8 Å². The summed E-state index contributed by atoms with van der Waals surface area (Å²) in [6, 6.07) is 19.4. The Balaban J connectivity index is 1.80. The van der Waals surface area contributed by atoms with Crippen molar-refractivity contribution in [2.75, 3.05) is 26.1 Å². The van der Waals surface area contributed by atoms with E-state index in [-0.39, 0.29) is 27.9 Å². The Morgan fingerprint density at radius 1 is 1.13 bits per heavy atom. The zero-order chi connectivity index (χ0) is 27.9. The third kappa shape index (κ3) is 6.06. The SMILES string of the molecule is COCCn1c(=O)/c(=C\c2ccc(-c3ccccc3C(=O)OC)o2)s/c1=C(/C#N)C(=O)Nc1cccc(C)c1. The standard InChI is InChI=1S/C29H25N3O6S/c1-18-7-6-8-19(15-18)31-26(33)23(17-30)28-32(13-14-36-2)27(34)25(39-28)16-20-11-12-24(38-20)21-9-4-5-10-22(21)29(35)37-3/h4-12,15-16H,13-14H2,1-3H3,(H,31,33)/b25-16+,28-23-. The topological polar surface area (TPSA) is 124 Å². The van der Waals surface area contributed by atoms with Gasteiger partial charge in [0.25, 0.3) is 11.5 Å². The molecule has 0 spiro atoms. The first-order chi connectivity index (χ1) is 18.9. The van der Waals surface area contributed by atoms with Crippen LogP contribution in [0.4, 0.5) is 5.69 Å². The third-order valence-electron chi connectivity index (χ3n) is 5.75. The van der Waals surface area contributed by atoms with Gasteiger partial charge in [0.1, 0.15) is 22.3 Å². The summed E-state index contributed by atoms with van der Waals surface area (Å²) in [6.45, 7) is 2.24. The largest absolute Gasteiger partial charge is 0.465 e. The first-order valence-corrected chi connectivity index (χ1v) is 12.7. The van der Waals surface area contributed by atoms with Gasteiger partial charge in [-0.05, 0) is 42.8 Å². The number of rotatable bonds is 8. The molecule has 0 atom stereocenters. The molecule has 0 unspecified atom stereocenters. The molecule has 0 saturated heterocycles. The van der Waals surface area contributed by atoms with Gasteiger partial charge in [0.05, 0.1) is 30.4 Å². The highest BCUT2D eigenvalue weighted by Gasteiger charge is 2.18. The molecule has 0 saturated carbocycles. The zero-order valence-electron chi connectivity index (χ0n) is 21.5. The van der Waals surface area contributed by atoms with Crippen molar-refractivity contribution in [1.82, 2.24) is 4.57 Å². The summed E-state index contributed by atoms with van der Waals surface area (Å²) in [4.78, 5) is 38.6. The smallest absolute Gasteiger partial charge is 0.338 e. The molecule has 39 heavy (non-hydrogen) atoms. The van der Waals surface area contributed by atoms with Gasteiger partial charge in [-0.1, -0.05) is 30.3 Å². The van der Waals surface area contributed by atoms with Crippen molar-refractivity contribution in [3.63, 3.8) is 0 Å². The van der Waals surface area contributed by atoms with Crippen LogP contribution in [0.15, 0.2) is 69.9 Å². The Hall–Kier alpha value is -4.72. The number of aromatic nitrogens is 1. The molecule has 2 heterocycles. The summed E-state index contributed by atoms with van der Waals surface area (Å²) >= 11 is 1.01. The van der Waals surface area contributed by atoms with Crippen molar-refractivity contribution in [2.24, 2.45) is 0 Å². The molecule has 2 aromatic heterocycles. The van der Waals surface area contributed by atoms with Crippen LogP contribution in [0, 0.1) is 18.3 Å². The molecule has 4 aromatic rings. The number of furan rings is 1. The number of esters is 1. The van der Waals surface area contributed by atoms with Crippen molar-refractivity contribution < 1.29 is 23.5 Å². The zero-order valence-corrected chi connectivity index (χ0v) is 22.3. The number of thiazole rings is 1. The van der Waals surface area contributed by atoms with Crippen molar-refractivity contribution in [3.8, 4) is 17.4 Å². The summed E-state index contributed by atoms with van der Waals surface area (Å²) in [6.07, 6.45) is 1.54. The Morgan fingerprint density at radius 2 is 1.92 bits per heavy atom. The quantitative estimate of drug-likeness (QED) is 0.339. The summed E-state index contributed by atoms with van der Waals surface area (Å²) < 4.78 is 17.8. The molecule has 2 aromatic carbocycles. The summed E-state index contributed by atoms with van der Waals surface area (Å²) in [5.41, 5.74) is 1.79. The maximum absolute atomic E-state index is 13.3. The fraction of sp³-hybridized carbons (Fsp3) is 0.172. The number of amides is 1. The number of aryl methyl sites for hydroxylation is 1. The number of benzene rings is 2. The highest BCUT2D eigenvalue weighted by atomic mass is 32.1. The third-order valence-corrected chi connectivity index (χ3v) is 6.88. The molecule has 0 radical (unpaired) electrons. The van der Waals surface area contributed by atoms with Crippen molar-refractivity contribution >= 4 is 40.5 Å². The second kappa shape index (κ2) is 12.2. The van der Waals surface area contributed by atoms with E-state index in [0.717, 1.165) is 16.9 Å². The molecule has 4 rings (SSSR count). The van der Waals surface area contributed by atoms with Crippen molar-refractivity contribution in [2.45, 2.75) is 13.5 Å². The van der Waals surface area contributed by atoms with Crippen LogP contribution >= 0.6 is 11.3 Å². The molecule has 198 valence electrons. The Kier molecular flexibility index (Phi) is 8.56. The van der Waals surface area contributed by atoms with E-state index < -0.39 is 17.4 Å². The Morgan fingerprint density at radius 3 is 2.64 bits per heavy atom. The van der Waals surface area contributed by atoms with Crippen LogP contribution < -0.4 is 20.1 Å². The molecular formula is C29H25N3O6S. The van der Waals surface area contributed by atoms with Crippen molar-refractivity contribution in [1.29, 1.82) is 5.26 Å². The van der Waals surface area contributed by atoms with Gasteiger partial charge in [-0.25, -0.2) is 4.79 Å². The van der Waals surface area contributed by atoms with E-state index in [9.17, 15) is 19.6 Å². The Bertz CT molecular complexity index is 1760. The maximum Gasteiger partial charge on any atom is 0.338 e. The minimum absolute atomic E-state index is 0.147. The lowest BCUT2D eigenvalue weighted by Gasteiger charge is -2.06. The van der Waals surface area contributed by atoms with Crippen LogP contribution in [0.25, 0.3) is 23.0 Å². The number of anilines is 1. The summed E-state index contributed by atoms with van der Waals surface area (Å²) in [5, 5.41) is 12.6. The lowest BCUT2D eigenvalue weighted by molar-refractivity contribution is -0.111. The molecule has 0 aliphatic rings. The molecule has 0 fully saturated rings. The normalized spacial score (nSPS) is 12.1. The predicted octanol–water partition coefficient (Wildman–Crippen LogP) is 3.05. The molecule has 10 heteroatoms. The van der Waals surface area contributed by atoms with Crippen LogP contribution in [0.5, 0.6) is 0 Å². The molecule has 1 amide bonds. The van der Waals surface area contributed by atoms with Gasteiger partial charge in [0.15, 0.2) is 5.57 Å². The first-order valence-electron chi connectivity index (χ1n) is 11.9. The van der Waals surface area contributed by atoms with E-state index in [2.05, 4.69) is 5.32 Å². The number of carbonyl (C=O) groups is 2. The van der Waals surface area contributed by atoms with Crippen molar-refractivity contribution in [3.05, 3.63) is 97.1 Å². The number of nitriles is 1. The average molecular weight is 544 g/mol. The van der Waals surface area contributed by atoms with E-state index in [1.807, 2.05) is 19.1 Å². The number of hydrogen-bond acceptors (Lipinski definition) is 8. The number of ether oxygens (including phenoxy) is 2. The van der Waals surface area contributed by atoms with Gasteiger partial charge in [-0.3, -0.25) is 14.2 Å². The lowest BCUT2D eigenvalue weighted by atomic mass is 10.1. The molecule has 0 bridgehead atoms. The monoisotopic (exact) mass is 543 g/mol. The van der Waals surface area contributed by atoms with E-state index in [1.54, 1.807) is 54.6 Å². The number of methoxy groups -OCH3 is 2. The fourth-order valence-corrected chi connectivity index (χ4v) is 5.00. The number of nitrogens with zero attached hydrogens (tertiary/aromatic N) is 2. The van der Waals surface area contributed by atoms with Gasteiger partial charge < -0.3 is 19.2 Å². The molecular weight excluding hydrogens is 518 g/mol. The second-order valence-electron chi connectivity index (χ2n) is 8.41. The average Bonchev–Trinajstić information content (AvgIpc) is 3.52. The van der Waals surface area contributed by atoms with E-state index in [1.165, 1.54) is 24.9 Å². The maximum atomic E-state index is 13.3. The lowest BCUT2D eigenvalue weighted by Crippen LogP contribution is -2.34. The van der Waals surface area contributed by atoms with Crippen LogP contribution in [0.1, 0.15) is 21.7 Å². The van der Waals surface area contributed by atoms with E-state index in [4.69, 9.17) is 13.9 Å². The summed E-state index contributed by atoms with van der Waals surface area (Å²) in [5.74, 6) is -0.349. The molecule has 9 nitrogen and oxygen atoms in total. The minimum Gasteiger partial charge on any atom is -0.465 e. The number of hydrogen-bond donors (Lipinski definition) is 1. The molecule has 1 N–H and O–H groups in total. The van der Waals surface area contributed by atoms with Gasteiger partial charge in [-0.15, -0.1) is 11.3 Å². The van der Waals surface area contributed by atoms with Gasteiger partial charge >= 0.3 is 5.97 Å². The van der Waals surface area contributed by atoms with E-state index >= 15 is 0 Å². The fourth-order valence-electron chi connectivity index (χ4n) is 3.89. The first kappa shape index (κ1) is 27.3.